The molecule has 0 aromatic heterocycles. The second-order valence-electron chi connectivity index (χ2n) is 4.61. The van der Waals surface area contributed by atoms with Gasteiger partial charge in [0.2, 0.25) is 0 Å². The van der Waals surface area contributed by atoms with E-state index in [4.69, 9.17) is 5.11 Å². The minimum atomic E-state index is -0.752. The molecule has 0 bridgehead atoms. The molecule has 0 saturated heterocycles. The molecule has 1 rings (SSSR count). The number of hydrogen-bond donors (Lipinski definition) is 2. The molecule has 1 unspecified atom stereocenters. The summed E-state index contributed by atoms with van der Waals surface area (Å²) in [6, 6.07) is 10.4. The number of carboxylic acid groups (broad SMARTS) is 1. The van der Waals surface area contributed by atoms with Gasteiger partial charge in [-0.25, -0.2) is 0 Å². The summed E-state index contributed by atoms with van der Waals surface area (Å²) in [6.45, 7) is 5.74. The van der Waals surface area contributed by atoms with Crippen LogP contribution in [0.2, 0.25) is 0 Å². The summed E-state index contributed by atoms with van der Waals surface area (Å²) in [5.74, 6) is 0.220. The van der Waals surface area contributed by atoms with Crippen molar-refractivity contribution in [2.45, 2.75) is 26.2 Å². The molecule has 3 heteroatoms. The highest BCUT2D eigenvalue weighted by Gasteiger charge is 2.14. The highest BCUT2D eigenvalue weighted by atomic mass is 16.4. The molecular weight excluding hydrogens is 214 g/mol. The Morgan fingerprint density at radius 2 is 1.94 bits per heavy atom. The fourth-order valence-electron chi connectivity index (χ4n) is 1.89. The van der Waals surface area contributed by atoms with E-state index in [1.54, 1.807) is 0 Å². The van der Waals surface area contributed by atoms with Crippen LogP contribution in [-0.2, 0) is 4.79 Å². The lowest BCUT2D eigenvalue weighted by molar-refractivity contribution is -0.136. The molecule has 0 amide bonds. The summed E-state index contributed by atoms with van der Waals surface area (Å²) in [5.41, 5.74) is 1.31. The van der Waals surface area contributed by atoms with Gasteiger partial charge in [0.25, 0.3) is 0 Å². The van der Waals surface area contributed by atoms with Crippen LogP contribution in [0.25, 0.3) is 0 Å². The van der Waals surface area contributed by atoms with Gasteiger partial charge in [-0.2, -0.15) is 0 Å². The molecule has 0 radical (unpaired) electrons. The van der Waals surface area contributed by atoms with Gasteiger partial charge in [0.15, 0.2) is 0 Å². The fraction of sp³-hybridized carbons (Fsp3) is 0.500. The van der Waals surface area contributed by atoms with E-state index in [1.807, 2.05) is 18.2 Å². The van der Waals surface area contributed by atoms with Crippen LogP contribution < -0.4 is 5.32 Å². The number of benzene rings is 1. The van der Waals surface area contributed by atoms with Crippen LogP contribution in [0.3, 0.4) is 0 Å². The minimum Gasteiger partial charge on any atom is -0.481 e. The molecule has 0 saturated carbocycles. The molecule has 0 aliphatic rings. The first kappa shape index (κ1) is 13.7. The first-order valence-electron chi connectivity index (χ1n) is 6.08. The molecule has 94 valence electrons. The van der Waals surface area contributed by atoms with Crippen LogP contribution in [-0.4, -0.2) is 24.2 Å². The Bertz CT molecular complexity index is 335. The Morgan fingerprint density at radius 3 is 2.47 bits per heavy atom. The van der Waals surface area contributed by atoms with Crippen LogP contribution in [0, 0.1) is 5.92 Å². The molecule has 0 fully saturated rings. The Morgan fingerprint density at radius 1 is 1.29 bits per heavy atom. The average molecular weight is 235 g/mol. The maximum absolute atomic E-state index is 10.4. The second-order valence-corrected chi connectivity index (χ2v) is 4.61. The maximum atomic E-state index is 10.4. The van der Waals surface area contributed by atoms with Gasteiger partial charge >= 0.3 is 5.97 Å². The summed E-state index contributed by atoms with van der Waals surface area (Å²) in [4.78, 5) is 10.4. The van der Waals surface area contributed by atoms with Gasteiger partial charge in [-0.05, 0) is 17.4 Å². The smallest absolute Gasteiger partial charge is 0.304 e. The predicted molar refractivity (Wildman–Crippen MR) is 69.1 cm³/mol. The van der Waals surface area contributed by atoms with E-state index in [0.717, 1.165) is 6.54 Å². The first-order valence-corrected chi connectivity index (χ1v) is 6.08. The number of aliphatic carboxylic acids is 1. The highest BCUT2D eigenvalue weighted by Crippen LogP contribution is 2.23. The normalized spacial score (nSPS) is 12.6. The Balaban J connectivity index is 2.48. The third-order valence-corrected chi connectivity index (χ3v) is 2.91. The van der Waals surface area contributed by atoms with E-state index in [2.05, 4.69) is 31.3 Å². The van der Waals surface area contributed by atoms with Crippen LogP contribution in [0.4, 0.5) is 0 Å². The van der Waals surface area contributed by atoms with Crippen molar-refractivity contribution in [3.63, 3.8) is 0 Å². The topological polar surface area (TPSA) is 49.3 Å². The molecular formula is C14H21NO2. The van der Waals surface area contributed by atoms with Crippen molar-refractivity contribution in [1.82, 2.24) is 5.32 Å². The lowest BCUT2D eigenvalue weighted by Gasteiger charge is -2.21. The summed E-state index contributed by atoms with van der Waals surface area (Å²) < 4.78 is 0. The summed E-state index contributed by atoms with van der Waals surface area (Å²) in [6.07, 6.45) is 0.180. The number of hydrogen-bond acceptors (Lipinski definition) is 2. The average Bonchev–Trinajstić information content (AvgIpc) is 2.29. The van der Waals surface area contributed by atoms with Crippen molar-refractivity contribution < 1.29 is 9.90 Å². The molecule has 0 aliphatic heterocycles. The van der Waals surface area contributed by atoms with Crippen molar-refractivity contribution in [1.29, 1.82) is 0 Å². The van der Waals surface area contributed by atoms with Crippen molar-refractivity contribution in [2.24, 2.45) is 5.92 Å². The highest BCUT2D eigenvalue weighted by molar-refractivity contribution is 5.66. The SMILES string of the molecule is CC(C)C(CNCCC(=O)O)c1ccccc1. The van der Waals surface area contributed by atoms with Gasteiger partial charge in [-0.15, -0.1) is 0 Å². The van der Waals surface area contributed by atoms with E-state index >= 15 is 0 Å². The Labute approximate surface area is 103 Å². The number of carboxylic acids is 1. The summed E-state index contributed by atoms with van der Waals surface area (Å²) in [5, 5.41) is 11.8. The first-order chi connectivity index (χ1) is 8.11. The van der Waals surface area contributed by atoms with Crippen LogP contribution in [0.1, 0.15) is 31.7 Å². The quantitative estimate of drug-likeness (QED) is 0.714. The van der Waals surface area contributed by atoms with Gasteiger partial charge in [0.05, 0.1) is 6.42 Å². The molecule has 17 heavy (non-hydrogen) atoms. The van der Waals surface area contributed by atoms with Crippen molar-refractivity contribution >= 4 is 5.97 Å². The molecule has 2 N–H and O–H groups in total. The zero-order valence-corrected chi connectivity index (χ0v) is 10.5. The zero-order chi connectivity index (χ0) is 12.7. The van der Waals surface area contributed by atoms with Crippen molar-refractivity contribution in [3.8, 4) is 0 Å². The molecule has 1 aromatic carbocycles. The monoisotopic (exact) mass is 235 g/mol. The van der Waals surface area contributed by atoms with E-state index in [9.17, 15) is 4.79 Å². The number of carbonyl (C=O) groups is 1. The van der Waals surface area contributed by atoms with E-state index in [1.165, 1.54) is 5.56 Å². The summed E-state index contributed by atoms with van der Waals surface area (Å²) >= 11 is 0. The number of rotatable bonds is 7. The molecule has 0 heterocycles. The second kappa shape index (κ2) is 7.07. The third kappa shape index (κ3) is 5.00. The Hall–Kier alpha value is -1.35. The largest absolute Gasteiger partial charge is 0.481 e. The minimum absolute atomic E-state index is 0.180. The lowest BCUT2D eigenvalue weighted by atomic mass is 9.88. The van der Waals surface area contributed by atoms with Crippen LogP contribution >= 0.6 is 0 Å². The maximum Gasteiger partial charge on any atom is 0.304 e. The zero-order valence-electron chi connectivity index (χ0n) is 10.5. The van der Waals surface area contributed by atoms with Crippen molar-refractivity contribution in [2.75, 3.05) is 13.1 Å². The predicted octanol–water partition coefficient (Wildman–Crippen LogP) is 2.49. The standard InChI is InChI=1S/C14H21NO2/c1-11(2)13(10-15-9-8-14(16)17)12-6-4-3-5-7-12/h3-7,11,13,15H,8-10H2,1-2H3,(H,16,17). The van der Waals surface area contributed by atoms with Gasteiger partial charge in [-0.1, -0.05) is 44.2 Å². The van der Waals surface area contributed by atoms with E-state index in [-0.39, 0.29) is 6.42 Å². The lowest BCUT2D eigenvalue weighted by Crippen LogP contribution is -2.26. The molecule has 1 aromatic rings. The van der Waals surface area contributed by atoms with Gasteiger partial charge in [0.1, 0.15) is 0 Å². The molecule has 0 spiro atoms. The fourth-order valence-corrected chi connectivity index (χ4v) is 1.89. The Kier molecular flexibility index (Phi) is 5.70. The molecule has 0 aliphatic carbocycles. The van der Waals surface area contributed by atoms with Gasteiger partial charge in [0, 0.05) is 13.1 Å². The molecule has 3 nitrogen and oxygen atoms in total. The number of nitrogens with one attached hydrogen (secondary N) is 1. The van der Waals surface area contributed by atoms with E-state index < -0.39 is 5.97 Å². The van der Waals surface area contributed by atoms with Crippen LogP contribution in [0.5, 0.6) is 0 Å². The molecule has 1 atom stereocenters. The van der Waals surface area contributed by atoms with E-state index in [0.29, 0.717) is 18.4 Å². The van der Waals surface area contributed by atoms with Crippen molar-refractivity contribution in [3.05, 3.63) is 35.9 Å². The third-order valence-electron chi connectivity index (χ3n) is 2.91. The van der Waals surface area contributed by atoms with Crippen LogP contribution in [0.15, 0.2) is 30.3 Å². The summed E-state index contributed by atoms with van der Waals surface area (Å²) in [7, 11) is 0. The van der Waals surface area contributed by atoms with Gasteiger partial charge in [-0.3, -0.25) is 4.79 Å². The van der Waals surface area contributed by atoms with Gasteiger partial charge < -0.3 is 10.4 Å².